The normalized spacial score (nSPS) is 17.6. The highest BCUT2D eigenvalue weighted by atomic mass is 19.1. The van der Waals surface area contributed by atoms with Crippen LogP contribution in [0.4, 0.5) is 10.2 Å². The predicted molar refractivity (Wildman–Crippen MR) is 153 cm³/mol. The molecule has 6 rings (SSSR count). The van der Waals surface area contributed by atoms with Crippen LogP contribution >= 0.6 is 0 Å². The third kappa shape index (κ3) is 5.52. The average molecular weight is 552 g/mol. The molecule has 208 valence electrons. The summed E-state index contributed by atoms with van der Waals surface area (Å²) < 4.78 is 16.7. The molecule has 2 amide bonds. The minimum Gasteiger partial charge on any atom is -0.383 e. The van der Waals surface area contributed by atoms with Crippen molar-refractivity contribution in [3.8, 4) is 5.69 Å². The van der Waals surface area contributed by atoms with E-state index in [1.54, 1.807) is 42.1 Å². The van der Waals surface area contributed by atoms with Gasteiger partial charge in [-0.3, -0.25) is 19.7 Å². The minimum absolute atomic E-state index is 0.178. The van der Waals surface area contributed by atoms with E-state index in [1.807, 2.05) is 24.3 Å². The summed E-state index contributed by atoms with van der Waals surface area (Å²) in [6.45, 7) is 1.80. The van der Waals surface area contributed by atoms with Gasteiger partial charge in [0, 0.05) is 24.1 Å². The van der Waals surface area contributed by atoms with E-state index in [-0.39, 0.29) is 29.6 Å². The first kappa shape index (κ1) is 26.6. The SMILES string of the molecule is Cc1cc(C(=O)Cc2cc(C(CCC3CC3)C3C=CC(=O)NC3=O)ccc2F)n(-c2ccc3ccnc(N)c3c2)n1. The van der Waals surface area contributed by atoms with E-state index in [2.05, 4.69) is 15.4 Å². The number of Topliss-reactive ketones (excluding diaryl/α,β-unsaturated/α-hetero) is 1. The van der Waals surface area contributed by atoms with Crippen LogP contribution in [-0.4, -0.2) is 32.4 Å². The number of fused-ring (bicyclic) bond motifs is 1. The number of pyridine rings is 1. The van der Waals surface area contributed by atoms with Crippen LogP contribution in [0.5, 0.6) is 0 Å². The van der Waals surface area contributed by atoms with E-state index >= 15 is 4.39 Å². The number of ketones is 1. The maximum atomic E-state index is 15.1. The summed E-state index contributed by atoms with van der Waals surface area (Å²) in [6.07, 6.45) is 8.51. The predicted octanol–water partition coefficient (Wildman–Crippen LogP) is 4.98. The van der Waals surface area contributed by atoms with E-state index in [9.17, 15) is 14.4 Å². The Kier molecular flexibility index (Phi) is 6.95. The summed E-state index contributed by atoms with van der Waals surface area (Å²) >= 11 is 0. The van der Waals surface area contributed by atoms with Gasteiger partial charge in [0.1, 0.15) is 17.3 Å². The van der Waals surface area contributed by atoms with Crippen LogP contribution < -0.4 is 11.1 Å². The molecule has 2 atom stereocenters. The van der Waals surface area contributed by atoms with Crippen LogP contribution in [0.1, 0.15) is 58.9 Å². The Bertz CT molecular complexity index is 1720. The summed E-state index contributed by atoms with van der Waals surface area (Å²) in [5, 5.41) is 8.58. The number of hydrogen-bond acceptors (Lipinski definition) is 6. The number of halogens is 1. The number of rotatable bonds is 9. The highest BCUT2D eigenvalue weighted by molar-refractivity contribution is 6.05. The Balaban J connectivity index is 1.31. The van der Waals surface area contributed by atoms with Crippen LogP contribution in [-0.2, 0) is 16.0 Å². The van der Waals surface area contributed by atoms with Gasteiger partial charge in [-0.05, 0) is 78.4 Å². The number of imide groups is 1. The molecule has 2 aliphatic rings. The molecular formula is C32H30FN5O3. The fourth-order valence-electron chi connectivity index (χ4n) is 5.65. The second-order valence-electron chi connectivity index (χ2n) is 11.0. The molecule has 1 fully saturated rings. The number of aromatic nitrogens is 3. The average Bonchev–Trinajstić information content (AvgIpc) is 3.70. The lowest BCUT2D eigenvalue weighted by atomic mass is 9.79. The third-order valence-electron chi connectivity index (χ3n) is 8.01. The van der Waals surface area contributed by atoms with E-state index < -0.39 is 17.6 Å². The van der Waals surface area contributed by atoms with Crippen molar-refractivity contribution in [2.45, 2.75) is 44.9 Å². The number of carbonyl (C=O) groups excluding carboxylic acids is 3. The molecule has 4 aromatic rings. The summed E-state index contributed by atoms with van der Waals surface area (Å²) in [5.74, 6) is -1.34. The number of nitrogens with zero attached hydrogens (tertiary/aromatic N) is 3. The first-order chi connectivity index (χ1) is 19.8. The molecule has 3 heterocycles. The van der Waals surface area contributed by atoms with Crippen LogP contribution in [0.25, 0.3) is 16.5 Å². The lowest BCUT2D eigenvalue weighted by molar-refractivity contribution is -0.131. The highest BCUT2D eigenvalue weighted by Crippen LogP contribution is 2.40. The highest BCUT2D eigenvalue weighted by Gasteiger charge is 2.33. The Morgan fingerprint density at radius 3 is 2.76 bits per heavy atom. The van der Waals surface area contributed by atoms with Crippen molar-refractivity contribution in [2.75, 3.05) is 5.73 Å². The molecule has 0 saturated heterocycles. The minimum atomic E-state index is -0.542. The number of aryl methyl sites for hydroxylation is 1. The van der Waals surface area contributed by atoms with Crippen LogP contribution in [0, 0.1) is 24.6 Å². The lowest BCUT2D eigenvalue weighted by Gasteiger charge is -2.27. The number of hydrogen-bond donors (Lipinski definition) is 2. The van der Waals surface area contributed by atoms with Crippen molar-refractivity contribution in [2.24, 2.45) is 11.8 Å². The molecule has 0 spiro atoms. The summed E-state index contributed by atoms with van der Waals surface area (Å²) in [6, 6.07) is 13.9. The Hall–Kier alpha value is -4.66. The molecular weight excluding hydrogens is 521 g/mol. The standard InChI is InChI=1S/C32H30FN5O3/c1-18-14-28(38(37-18)23-7-5-20-12-13-35-31(34)26(20)17-23)29(39)16-22-15-21(6-10-27(22)33)24(8-4-19-2-3-19)25-9-11-30(40)36-32(25)41/h5-7,9-15,17,19,24-25H,2-4,8,16H2,1H3,(H2,34,35)(H,36,40,41). The van der Waals surface area contributed by atoms with Gasteiger partial charge >= 0.3 is 0 Å². The number of amides is 2. The van der Waals surface area contributed by atoms with Crippen LogP contribution in [0.2, 0.25) is 0 Å². The van der Waals surface area contributed by atoms with E-state index in [0.29, 0.717) is 28.8 Å². The van der Waals surface area contributed by atoms with Gasteiger partial charge in [-0.15, -0.1) is 0 Å². The number of nitrogens with one attached hydrogen (secondary N) is 1. The second kappa shape index (κ2) is 10.7. The third-order valence-corrected chi connectivity index (χ3v) is 8.01. The lowest BCUT2D eigenvalue weighted by Crippen LogP contribution is -2.40. The summed E-state index contributed by atoms with van der Waals surface area (Å²) in [7, 11) is 0. The zero-order valence-corrected chi connectivity index (χ0v) is 22.6. The number of carbonyl (C=O) groups is 3. The second-order valence-corrected chi connectivity index (χ2v) is 11.0. The van der Waals surface area contributed by atoms with Gasteiger partial charge in [0.25, 0.3) is 0 Å². The van der Waals surface area contributed by atoms with Crippen LogP contribution in [0.3, 0.4) is 0 Å². The summed E-state index contributed by atoms with van der Waals surface area (Å²) in [4.78, 5) is 42.2. The number of anilines is 1. The summed E-state index contributed by atoms with van der Waals surface area (Å²) in [5.41, 5.74) is 8.72. The van der Waals surface area contributed by atoms with Gasteiger partial charge in [0.15, 0.2) is 5.78 Å². The fourth-order valence-corrected chi connectivity index (χ4v) is 5.65. The Labute approximate surface area is 236 Å². The first-order valence-electron chi connectivity index (χ1n) is 13.8. The van der Waals surface area contributed by atoms with E-state index in [1.165, 1.54) is 25.0 Å². The molecule has 0 bridgehead atoms. The smallest absolute Gasteiger partial charge is 0.250 e. The Morgan fingerprint density at radius 1 is 1.15 bits per heavy atom. The molecule has 2 aromatic heterocycles. The molecule has 41 heavy (non-hydrogen) atoms. The molecule has 8 nitrogen and oxygen atoms in total. The maximum absolute atomic E-state index is 15.1. The monoisotopic (exact) mass is 551 g/mol. The first-order valence-corrected chi connectivity index (χ1v) is 13.8. The van der Waals surface area contributed by atoms with Gasteiger partial charge in [0.2, 0.25) is 11.8 Å². The fraction of sp³-hybridized carbons (Fsp3) is 0.281. The maximum Gasteiger partial charge on any atom is 0.250 e. The van der Waals surface area contributed by atoms with Gasteiger partial charge in [-0.25, -0.2) is 14.1 Å². The zero-order chi connectivity index (χ0) is 28.7. The van der Waals surface area contributed by atoms with E-state index in [0.717, 1.165) is 29.2 Å². The molecule has 1 saturated carbocycles. The quantitative estimate of drug-likeness (QED) is 0.224. The van der Waals surface area contributed by atoms with Gasteiger partial charge in [-0.1, -0.05) is 37.1 Å². The molecule has 2 aromatic carbocycles. The van der Waals surface area contributed by atoms with Crippen molar-refractivity contribution in [3.05, 3.63) is 95.2 Å². The molecule has 0 radical (unpaired) electrons. The molecule has 1 aliphatic carbocycles. The molecule has 1 aliphatic heterocycles. The van der Waals surface area contributed by atoms with Gasteiger partial charge in [-0.2, -0.15) is 5.10 Å². The van der Waals surface area contributed by atoms with Gasteiger partial charge < -0.3 is 5.73 Å². The zero-order valence-electron chi connectivity index (χ0n) is 22.6. The number of benzene rings is 2. The van der Waals surface area contributed by atoms with Crippen molar-refractivity contribution >= 4 is 34.2 Å². The van der Waals surface area contributed by atoms with Crippen molar-refractivity contribution in [1.29, 1.82) is 0 Å². The molecule has 9 heteroatoms. The van der Waals surface area contributed by atoms with Gasteiger partial charge in [0.05, 0.1) is 17.3 Å². The number of nitrogens with two attached hydrogens (primary N) is 1. The topological polar surface area (TPSA) is 120 Å². The van der Waals surface area contributed by atoms with Crippen molar-refractivity contribution in [3.63, 3.8) is 0 Å². The van der Waals surface area contributed by atoms with Crippen LogP contribution in [0.15, 0.2) is 66.9 Å². The largest absolute Gasteiger partial charge is 0.383 e. The molecule has 2 unspecified atom stereocenters. The Morgan fingerprint density at radius 2 is 1.98 bits per heavy atom. The van der Waals surface area contributed by atoms with E-state index in [4.69, 9.17) is 5.73 Å². The van der Waals surface area contributed by atoms with Crippen molar-refractivity contribution in [1.82, 2.24) is 20.1 Å². The number of nitrogen functional groups attached to an aromatic ring is 1. The molecule has 3 N–H and O–H groups in total. The van der Waals surface area contributed by atoms with Crippen molar-refractivity contribution < 1.29 is 18.8 Å².